The lowest BCUT2D eigenvalue weighted by Gasteiger charge is -2.38. The van der Waals surface area contributed by atoms with Crippen LogP contribution in [0.2, 0.25) is 0 Å². The Morgan fingerprint density at radius 1 is 0.952 bits per heavy atom. The van der Waals surface area contributed by atoms with E-state index in [1.807, 2.05) is 0 Å². The molecule has 1 fully saturated rings. The Hall–Kier alpha value is -0.820. The lowest BCUT2D eigenvalue weighted by molar-refractivity contribution is 0.189. The van der Waals surface area contributed by atoms with Crippen molar-refractivity contribution in [3.05, 3.63) is 35.4 Å². The molecule has 1 heteroatoms. The van der Waals surface area contributed by atoms with E-state index in [0.717, 1.165) is 17.9 Å². The highest BCUT2D eigenvalue weighted by Crippen LogP contribution is 2.34. The van der Waals surface area contributed by atoms with Gasteiger partial charge in [-0.3, -0.25) is 0 Å². The van der Waals surface area contributed by atoms with Gasteiger partial charge in [0.2, 0.25) is 0 Å². The molecule has 116 valence electrons. The molecular formula is C20H31N. The zero-order valence-electron chi connectivity index (χ0n) is 13.8. The Balaban J connectivity index is 1.77. The van der Waals surface area contributed by atoms with Gasteiger partial charge in [0.25, 0.3) is 0 Å². The van der Waals surface area contributed by atoms with Crippen LogP contribution in [0, 0.1) is 11.8 Å². The van der Waals surface area contributed by atoms with Crippen molar-refractivity contribution in [1.82, 2.24) is 5.32 Å². The predicted octanol–water partition coefficient (Wildman–Crippen LogP) is 5.26. The predicted molar refractivity (Wildman–Crippen MR) is 90.5 cm³/mol. The van der Waals surface area contributed by atoms with Crippen molar-refractivity contribution in [1.29, 1.82) is 0 Å². The summed E-state index contributed by atoms with van der Waals surface area (Å²) < 4.78 is 0. The van der Waals surface area contributed by atoms with E-state index in [4.69, 9.17) is 0 Å². The van der Waals surface area contributed by atoms with Crippen molar-refractivity contribution in [2.24, 2.45) is 11.8 Å². The summed E-state index contributed by atoms with van der Waals surface area (Å²) in [7, 11) is 0. The quantitative estimate of drug-likeness (QED) is 0.747. The molecule has 2 aliphatic carbocycles. The highest BCUT2D eigenvalue weighted by Gasteiger charge is 2.30. The van der Waals surface area contributed by atoms with Crippen LogP contribution >= 0.6 is 0 Å². The molecule has 3 atom stereocenters. The summed E-state index contributed by atoms with van der Waals surface area (Å²) in [6.45, 7) is 4.82. The SMILES string of the molecule is CC(C)C1CCCCC1NC1CCCCc2ccccc21. The van der Waals surface area contributed by atoms with Crippen molar-refractivity contribution >= 4 is 0 Å². The van der Waals surface area contributed by atoms with Gasteiger partial charge in [0, 0.05) is 12.1 Å². The maximum atomic E-state index is 4.09. The Morgan fingerprint density at radius 2 is 1.71 bits per heavy atom. The van der Waals surface area contributed by atoms with Crippen LogP contribution in [0.4, 0.5) is 0 Å². The van der Waals surface area contributed by atoms with Gasteiger partial charge in [-0.2, -0.15) is 0 Å². The van der Waals surface area contributed by atoms with E-state index < -0.39 is 0 Å². The number of rotatable bonds is 3. The van der Waals surface area contributed by atoms with Crippen LogP contribution in [0.5, 0.6) is 0 Å². The van der Waals surface area contributed by atoms with Crippen LogP contribution in [0.15, 0.2) is 24.3 Å². The molecule has 1 nitrogen and oxygen atoms in total. The maximum Gasteiger partial charge on any atom is 0.0325 e. The van der Waals surface area contributed by atoms with E-state index in [1.54, 1.807) is 11.1 Å². The van der Waals surface area contributed by atoms with Crippen molar-refractivity contribution < 1.29 is 0 Å². The zero-order chi connectivity index (χ0) is 14.7. The van der Waals surface area contributed by atoms with Crippen LogP contribution in [0.3, 0.4) is 0 Å². The minimum absolute atomic E-state index is 0.591. The van der Waals surface area contributed by atoms with E-state index in [1.165, 1.54) is 51.4 Å². The van der Waals surface area contributed by atoms with Crippen LogP contribution in [0.25, 0.3) is 0 Å². The zero-order valence-corrected chi connectivity index (χ0v) is 13.8. The van der Waals surface area contributed by atoms with E-state index in [9.17, 15) is 0 Å². The summed E-state index contributed by atoms with van der Waals surface area (Å²) in [6, 6.07) is 10.5. The second kappa shape index (κ2) is 6.96. The Bertz CT molecular complexity index is 451. The van der Waals surface area contributed by atoms with Gasteiger partial charge in [-0.1, -0.05) is 57.4 Å². The van der Waals surface area contributed by atoms with Gasteiger partial charge in [-0.15, -0.1) is 0 Å². The average Bonchev–Trinajstić information content (AvgIpc) is 2.70. The average molecular weight is 285 g/mol. The molecule has 3 rings (SSSR count). The lowest BCUT2D eigenvalue weighted by atomic mass is 9.77. The lowest BCUT2D eigenvalue weighted by Crippen LogP contribution is -2.42. The van der Waals surface area contributed by atoms with Crippen molar-refractivity contribution in [2.75, 3.05) is 0 Å². The van der Waals surface area contributed by atoms with E-state index >= 15 is 0 Å². The van der Waals surface area contributed by atoms with Gasteiger partial charge in [0.05, 0.1) is 0 Å². The monoisotopic (exact) mass is 285 g/mol. The fourth-order valence-corrected chi connectivity index (χ4v) is 4.52. The number of hydrogen-bond acceptors (Lipinski definition) is 1. The summed E-state index contributed by atoms with van der Waals surface area (Å²) in [5, 5.41) is 4.09. The third kappa shape index (κ3) is 3.51. The van der Waals surface area contributed by atoms with Gasteiger partial charge < -0.3 is 5.32 Å². The fourth-order valence-electron chi connectivity index (χ4n) is 4.52. The largest absolute Gasteiger partial charge is 0.307 e. The normalized spacial score (nSPS) is 30.0. The van der Waals surface area contributed by atoms with Crippen LogP contribution < -0.4 is 5.32 Å². The van der Waals surface area contributed by atoms with Crippen molar-refractivity contribution in [3.63, 3.8) is 0 Å². The summed E-state index contributed by atoms with van der Waals surface area (Å²) >= 11 is 0. The summed E-state index contributed by atoms with van der Waals surface area (Å²) in [6.07, 6.45) is 11.0. The molecule has 3 unspecified atom stereocenters. The second-order valence-electron chi connectivity index (χ2n) is 7.46. The Kier molecular flexibility index (Phi) is 5.00. The van der Waals surface area contributed by atoms with Crippen LogP contribution in [0.1, 0.15) is 76.0 Å². The topological polar surface area (TPSA) is 12.0 Å². The molecule has 21 heavy (non-hydrogen) atoms. The van der Waals surface area contributed by atoms with Crippen LogP contribution in [-0.4, -0.2) is 6.04 Å². The molecule has 1 N–H and O–H groups in total. The summed E-state index contributed by atoms with van der Waals surface area (Å²) in [4.78, 5) is 0. The number of hydrogen-bond donors (Lipinski definition) is 1. The van der Waals surface area contributed by atoms with E-state index in [2.05, 4.69) is 43.4 Å². The highest BCUT2D eigenvalue weighted by molar-refractivity contribution is 5.31. The summed E-state index contributed by atoms with van der Waals surface area (Å²) in [5.41, 5.74) is 3.17. The highest BCUT2D eigenvalue weighted by atomic mass is 15.0. The standard InChI is InChI=1S/C20H31N/c1-15(2)17-11-6-8-13-19(17)21-20-14-7-4-10-16-9-3-5-12-18(16)20/h3,5,9,12,15,17,19-21H,4,6-8,10-11,13-14H2,1-2H3. The molecule has 2 aliphatic rings. The molecule has 0 spiro atoms. The molecule has 0 bridgehead atoms. The molecular weight excluding hydrogens is 254 g/mol. The molecule has 0 amide bonds. The van der Waals surface area contributed by atoms with Gasteiger partial charge in [-0.05, 0) is 55.1 Å². The molecule has 1 aromatic rings. The molecule has 0 aromatic heterocycles. The van der Waals surface area contributed by atoms with E-state index in [-0.39, 0.29) is 0 Å². The van der Waals surface area contributed by atoms with Gasteiger partial charge >= 0.3 is 0 Å². The van der Waals surface area contributed by atoms with Crippen LogP contribution in [-0.2, 0) is 6.42 Å². The van der Waals surface area contributed by atoms with Crippen molar-refractivity contribution in [2.45, 2.75) is 77.3 Å². The van der Waals surface area contributed by atoms with Crippen molar-refractivity contribution in [3.8, 4) is 0 Å². The minimum Gasteiger partial charge on any atom is -0.307 e. The van der Waals surface area contributed by atoms with Gasteiger partial charge in [-0.25, -0.2) is 0 Å². The molecule has 0 aliphatic heterocycles. The maximum absolute atomic E-state index is 4.09. The van der Waals surface area contributed by atoms with Gasteiger partial charge in [0.1, 0.15) is 0 Å². The first-order valence-corrected chi connectivity index (χ1v) is 9.09. The smallest absolute Gasteiger partial charge is 0.0325 e. The fraction of sp³-hybridized carbons (Fsp3) is 0.700. The first kappa shape index (κ1) is 15.1. The first-order chi connectivity index (χ1) is 10.3. The summed E-state index contributed by atoms with van der Waals surface area (Å²) in [5.74, 6) is 1.68. The molecule has 1 saturated carbocycles. The van der Waals surface area contributed by atoms with Gasteiger partial charge in [0.15, 0.2) is 0 Å². The Labute approximate surface area is 130 Å². The third-order valence-corrected chi connectivity index (χ3v) is 5.71. The number of fused-ring (bicyclic) bond motifs is 1. The number of nitrogens with one attached hydrogen (secondary N) is 1. The third-order valence-electron chi connectivity index (χ3n) is 5.71. The Morgan fingerprint density at radius 3 is 2.57 bits per heavy atom. The molecule has 0 heterocycles. The van der Waals surface area contributed by atoms with E-state index in [0.29, 0.717) is 6.04 Å². The minimum atomic E-state index is 0.591. The molecule has 0 radical (unpaired) electrons. The number of aryl methyl sites for hydroxylation is 1. The molecule has 0 saturated heterocycles. The number of benzene rings is 1. The molecule has 1 aromatic carbocycles. The first-order valence-electron chi connectivity index (χ1n) is 9.09. The second-order valence-corrected chi connectivity index (χ2v) is 7.46.